The molecule has 3 nitrogen and oxygen atoms in total. The van der Waals surface area contributed by atoms with Gasteiger partial charge < -0.3 is 5.32 Å². The van der Waals surface area contributed by atoms with E-state index in [1.165, 1.54) is 23.5 Å². The third kappa shape index (κ3) is 2.77. The van der Waals surface area contributed by atoms with Crippen LogP contribution in [0, 0.1) is 5.82 Å². The number of pyridine rings is 1. The number of aromatic nitrogens is 2. The molecule has 2 heterocycles. The van der Waals surface area contributed by atoms with E-state index in [0.717, 1.165) is 22.1 Å². The largest absolute Gasteiger partial charge is 0.330 e. The Morgan fingerprint density at radius 1 is 1.11 bits per heavy atom. The first-order valence-electron chi connectivity index (χ1n) is 5.70. The number of hydrogen-bond acceptors (Lipinski definition) is 4. The fourth-order valence-electron chi connectivity index (χ4n) is 1.64. The van der Waals surface area contributed by atoms with Crippen LogP contribution in [0.5, 0.6) is 0 Å². The Labute approximate surface area is 113 Å². The van der Waals surface area contributed by atoms with Crippen molar-refractivity contribution < 1.29 is 4.39 Å². The van der Waals surface area contributed by atoms with Gasteiger partial charge in [-0.2, -0.15) is 0 Å². The SMILES string of the molecule is Fc1ccc(-c2csc(Nc3cccnc3)n2)cc1. The molecule has 0 spiro atoms. The van der Waals surface area contributed by atoms with Gasteiger partial charge in [-0.15, -0.1) is 11.3 Å². The Balaban J connectivity index is 1.82. The van der Waals surface area contributed by atoms with Crippen molar-refractivity contribution in [2.45, 2.75) is 0 Å². The van der Waals surface area contributed by atoms with E-state index < -0.39 is 0 Å². The normalized spacial score (nSPS) is 10.4. The van der Waals surface area contributed by atoms with Crippen LogP contribution in [0.2, 0.25) is 0 Å². The number of benzene rings is 1. The monoisotopic (exact) mass is 271 g/mol. The highest BCUT2D eigenvalue weighted by Crippen LogP contribution is 2.26. The summed E-state index contributed by atoms with van der Waals surface area (Å²) in [4.78, 5) is 8.49. The van der Waals surface area contributed by atoms with Crippen LogP contribution in [0.1, 0.15) is 0 Å². The molecule has 0 amide bonds. The Bertz CT molecular complexity index is 665. The molecule has 0 unspecified atom stereocenters. The van der Waals surface area contributed by atoms with E-state index in [-0.39, 0.29) is 5.82 Å². The maximum Gasteiger partial charge on any atom is 0.187 e. The summed E-state index contributed by atoms with van der Waals surface area (Å²) in [6.07, 6.45) is 3.45. The molecule has 0 fully saturated rings. The van der Waals surface area contributed by atoms with Crippen LogP contribution in [-0.2, 0) is 0 Å². The van der Waals surface area contributed by atoms with Crippen LogP contribution in [0.3, 0.4) is 0 Å². The van der Waals surface area contributed by atoms with Crippen molar-refractivity contribution >= 4 is 22.2 Å². The number of nitrogens with one attached hydrogen (secondary N) is 1. The second kappa shape index (κ2) is 5.16. The van der Waals surface area contributed by atoms with Crippen molar-refractivity contribution in [3.63, 3.8) is 0 Å². The number of halogens is 1. The van der Waals surface area contributed by atoms with E-state index in [1.807, 2.05) is 17.5 Å². The molecule has 94 valence electrons. The van der Waals surface area contributed by atoms with Gasteiger partial charge >= 0.3 is 0 Å². The minimum Gasteiger partial charge on any atom is -0.330 e. The first-order chi connectivity index (χ1) is 9.31. The minimum atomic E-state index is -0.243. The van der Waals surface area contributed by atoms with E-state index in [1.54, 1.807) is 24.5 Å². The van der Waals surface area contributed by atoms with E-state index in [0.29, 0.717) is 0 Å². The van der Waals surface area contributed by atoms with Crippen molar-refractivity contribution in [1.29, 1.82) is 0 Å². The molecule has 0 atom stereocenters. The summed E-state index contributed by atoms with van der Waals surface area (Å²) < 4.78 is 12.9. The zero-order valence-electron chi connectivity index (χ0n) is 9.88. The average Bonchev–Trinajstić information content (AvgIpc) is 2.89. The predicted octanol–water partition coefficient (Wildman–Crippen LogP) is 4.09. The van der Waals surface area contributed by atoms with Crippen molar-refractivity contribution in [2.24, 2.45) is 0 Å². The summed E-state index contributed by atoms with van der Waals surface area (Å²) in [5, 5.41) is 5.90. The average molecular weight is 271 g/mol. The van der Waals surface area contributed by atoms with Gasteiger partial charge in [-0.3, -0.25) is 4.98 Å². The van der Waals surface area contributed by atoms with Crippen LogP contribution in [0.4, 0.5) is 15.2 Å². The van der Waals surface area contributed by atoms with Gasteiger partial charge in [0.1, 0.15) is 5.82 Å². The second-order valence-corrected chi connectivity index (χ2v) is 4.77. The Morgan fingerprint density at radius 3 is 2.68 bits per heavy atom. The van der Waals surface area contributed by atoms with E-state index in [4.69, 9.17) is 0 Å². The Kier molecular flexibility index (Phi) is 3.20. The van der Waals surface area contributed by atoms with Crippen LogP contribution >= 0.6 is 11.3 Å². The molecule has 1 aromatic carbocycles. The van der Waals surface area contributed by atoms with Gasteiger partial charge in [-0.05, 0) is 36.4 Å². The zero-order valence-corrected chi connectivity index (χ0v) is 10.7. The van der Waals surface area contributed by atoms with Crippen LogP contribution in [0.25, 0.3) is 11.3 Å². The standard InChI is InChI=1S/C14H10FN3S/c15-11-5-3-10(4-6-11)13-9-19-14(18-13)17-12-2-1-7-16-8-12/h1-9H,(H,17,18). The highest BCUT2D eigenvalue weighted by molar-refractivity contribution is 7.14. The van der Waals surface area contributed by atoms with Gasteiger partial charge in [0.25, 0.3) is 0 Å². The lowest BCUT2D eigenvalue weighted by Gasteiger charge is -2.00. The Hall–Kier alpha value is -2.27. The van der Waals surface area contributed by atoms with Crippen molar-refractivity contribution in [3.8, 4) is 11.3 Å². The van der Waals surface area contributed by atoms with E-state index in [2.05, 4.69) is 15.3 Å². The number of nitrogens with zero attached hydrogens (tertiary/aromatic N) is 2. The van der Waals surface area contributed by atoms with Crippen LogP contribution in [0.15, 0.2) is 54.2 Å². The van der Waals surface area contributed by atoms with Crippen LogP contribution in [-0.4, -0.2) is 9.97 Å². The fourth-order valence-corrected chi connectivity index (χ4v) is 2.38. The molecule has 0 aliphatic carbocycles. The molecule has 0 aliphatic rings. The van der Waals surface area contributed by atoms with Crippen molar-refractivity contribution in [1.82, 2.24) is 9.97 Å². The molecule has 3 rings (SSSR count). The molecular formula is C14H10FN3S. The lowest BCUT2D eigenvalue weighted by Crippen LogP contribution is -1.89. The molecule has 3 aromatic rings. The van der Waals surface area contributed by atoms with Gasteiger partial charge in [0.2, 0.25) is 0 Å². The zero-order chi connectivity index (χ0) is 13.1. The second-order valence-electron chi connectivity index (χ2n) is 3.91. The number of thiazole rings is 1. The highest BCUT2D eigenvalue weighted by atomic mass is 32.1. The third-order valence-electron chi connectivity index (χ3n) is 2.56. The summed E-state index contributed by atoms with van der Waals surface area (Å²) in [5.41, 5.74) is 2.62. The number of rotatable bonds is 3. The van der Waals surface area contributed by atoms with E-state index in [9.17, 15) is 4.39 Å². The molecule has 1 N–H and O–H groups in total. The quantitative estimate of drug-likeness (QED) is 0.779. The molecule has 0 bridgehead atoms. The van der Waals surface area contributed by atoms with Gasteiger partial charge in [0, 0.05) is 17.1 Å². The van der Waals surface area contributed by atoms with Gasteiger partial charge in [-0.25, -0.2) is 9.37 Å². The highest BCUT2D eigenvalue weighted by Gasteiger charge is 2.05. The predicted molar refractivity (Wildman–Crippen MR) is 75.0 cm³/mol. The lowest BCUT2D eigenvalue weighted by molar-refractivity contribution is 0.628. The molecule has 0 saturated carbocycles. The molecule has 2 aromatic heterocycles. The molecular weight excluding hydrogens is 261 g/mol. The Morgan fingerprint density at radius 2 is 1.95 bits per heavy atom. The summed E-state index contributed by atoms with van der Waals surface area (Å²) >= 11 is 1.50. The fraction of sp³-hybridized carbons (Fsp3) is 0. The smallest absolute Gasteiger partial charge is 0.187 e. The first-order valence-corrected chi connectivity index (χ1v) is 6.58. The van der Waals surface area contributed by atoms with Crippen molar-refractivity contribution in [2.75, 3.05) is 5.32 Å². The number of anilines is 2. The molecule has 5 heteroatoms. The number of hydrogen-bond donors (Lipinski definition) is 1. The molecule has 0 aliphatic heterocycles. The van der Waals surface area contributed by atoms with Crippen LogP contribution < -0.4 is 5.32 Å². The van der Waals surface area contributed by atoms with Gasteiger partial charge in [0.15, 0.2) is 5.13 Å². The summed E-state index contributed by atoms with van der Waals surface area (Å²) in [6.45, 7) is 0. The van der Waals surface area contributed by atoms with E-state index >= 15 is 0 Å². The molecule has 0 radical (unpaired) electrons. The summed E-state index contributed by atoms with van der Waals surface area (Å²) in [5.74, 6) is -0.243. The molecule has 0 saturated heterocycles. The lowest BCUT2D eigenvalue weighted by atomic mass is 10.2. The van der Waals surface area contributed by atoms with Gasteiger partial charge in [0.05, 0.1) is 17.6 Å². The van der Waals surface area contributed by atoms with Gasteiger partial charge in [-0.1, -0.05) is 0 Å². The maximum atomic E-state index is 12.9. The topological polar surface area (TPSA) is 37.8 Å². The summed E-state index contributed by atoms with van der Waals surface area (Å²) in [6, 6.07) is 10.1. The minimum absolute atomic E-state index is 0.243. The first kappa shape index (κ1) is 11.8. The third-order valence-corrected chi connectivity index (χ3v) is 3.31. The molecule has 19 heavy (non-hydrogen) atoms. The maximum absolute atomic E-state index is 12.9. The summed E-state index contributed by atoms with van der Waals surface area (Å²) in [7, 11) is 0. The van der Waals surface area contributed by atoms with Crippen molar-refractivity contribution in [3.05, 3.63) is 60.0 Å².